The summed E-state index contributed by atoms with van der Waals surface area (Å²) in [4.78, 5) is 17.8. The van der Waals surface area contributed by atoms with Crippen LogP contribution in [-0.4, -0.2) is 49.6 Å². The van der Waals surface area contributed by atoms with Gasteiger partial charge in [-0.3, -0.25) is 15.1 Å². The van der Waals surface area contributed by atoms with Crippen molar-refractivity contribution in [3.8, 4) is 11.5 Å². The average Bonchev–Trinajstić information content (AvgIpc) is 2.76. The minimum atomic E-state index is -0.136. The number of nitrogens with one attached hydrogen (secondary N) is 1. The van der Waals surface area contributed by atoms with Gasteiger partial charge < -0.3 is 14.4 Å². The molecule has 1 aromatic heterocycles. The topological polar surface area (TPSA) is 63.7 Å². The molecule has 1 aromatic rings. The number of aromatic nitrogens is 1. The third-order valence-corrected chi connectivity index (χ3v) is 3.31. The fraction of sp³-hybridized carbons (Fsp3) is 0.538. The van der Waals surface area contributed by atoms with Crippen molar-refractivity contribution in [3.05, 3.63) is 18.0 Å². The van der Waals surface area contributed by atoms with Crippen molar-refractivity contribution in [2.45, 2.75) is 19.0 Å². The summed E-state index contributed by atoms with van der Waals surface area (Å²) in [7, 11) is 4.98. The molecule has 0 aliphatic carbocycles. The summed E-state index contributed by atoms with van der Waals surface area (Å²) in [5.74, 6) is 1.38. The monoisotopic (exact) mass is 265 g/mol. The van der Waals surface area contributed by atoms with Crippen molar-refractivity contribution >= 4 is 5.91 Å². The number of hydrogen-bond acceptors (Lipinski definition) is 5. The molecule has 19 heavy (non-hydrogen) atoms. The van der Waals surface area contributed by atoms with Crippen LogP contribution in [0.2, 0.25) is 0 Å². The molecule has 1 N–H and O–H groups in total. The second-order valence-corrected chi connectivity index (χ2v) is 4.48. The summed E-state index contributed by atoms with van der Waals surface area (Å²) in [5, 5.41) is 3.21. The molecular weight excluding hydrogens is 246 g/mol. The number of carbonyl (C=O) groups is 1. The van der Waals surface area contributed by atoms with Crippen molar-refractivity contribution in [2.24, 2.45) is 0 Å². The van der Waals surface area contributed by atoms with E-state index in [2.05, 4.69) is 10.3 Å². The van der Waals surface area contributed by atoms with Crippen LogP contribution >= 0.6 is 0 Å². The number of carbonyl (C=O) groups excluding carboxylic acids is 1. The number of hydrogen-bond donors (Lipinski definition) is 1. The Bertz CT molecular complexity index is 464. The van der Waals surface area contributed by atoms with Crippen LogP contribution in [0.15, 0.2) is 12.3 Å². The van der Waals surface area contributed by atoms with Crippen LogP contribution in [0.25, 0.3) is 0 Å². The smallest absolute Gasteiger partial charge is 0.239 e. The SMILES string of the molecule is COc1ccnc(CNC2CCN(C)C2=O)c1OC. The zero-order valence-corrected chi connectivity index (χ0v) is 11.5. The van der Waals surface area contributed by atoms with E-state index in [0.29, 0.717) is 18.0 Å². The lowest BCUT2D eigenvalue weighted by Gasteiger charge is -2.14. The highest BCUT2D eigenvalue weighted by Crippen LogP contribution is 2.28. The maximum Gasteiger partial charge on any atom is 0.239 e. The summed E-state index contributed by atoms with van der Waals surface area (Å²) < 4.78 is 10.5. The molecule has 6 nitrogen and oxygen atoms in total. The van der Waals surface area contributed by atoms with Gasteiger partial charge >= 0.3 is 0 Å². The molecule has 0 aromatic carbocycles. The Morgan fingerprint density at radius 3 is 2.84 bits per heavy atom. The largest absolute Gasteiger partial charge is 0.493 e. The van der Waals surface area contributed by atoms with E-state index in [4.69, 9.17) is 9.47 Å². The molecule has 0 saturated carbocycles. The third kappa shape index (κ3) is 2.78. The van der Waals surface area contributed by atoms with Crippen LogP contribution in [0.3, 0.4) is 0 Å². The van der Waals surface area contributed by atoms with Crippen LogP contribution in [0, 0.1) is 0 Å². The van der Waals surface area contributed by atoms with E-state index < -0.39 is 0 Å². The van der Waals surface area contributed by atoms with E-state index >= 15 is 0 Å². The second kappa shape index (κ2) is 5.88. The maximum absolute atomic E-state index is 11.8. The Balaban J connectivity index is 2.05. The van der Waals surface area contributed by atoms with E-state index in [-0.39, 0.29) is 11.9 Å². The summed E-state index contributed by atoms with van der Waals surface area (Å²) in [5.41, 5.74) is 0.740. The standard InChI is InChI=1S/C13H19N3O3/c1-16-7-5-9(13(16)17)15-8-10-12(19-3)11(18-2)4-6-14-10/h4,6,9,15H,5,7-8H2,1-3H3. The first-order valence-electron chi connectivity index (χ1n) is 6.21. The highest BCUT2D eigenvalue weighted by Gasteiger charge is 2.28. The number of rotatable bonds is 5. The zero-order chi connectivity index (χ0) is 13.8. The van der Waals surface area contributed by atoms with Crippen LogP contribution in [-0.2, 0) is 11.3 Å². The minimum Gasteiger partial charge on any atom is -0.493 e. The predicted octanol–water partition coefficient (Wildman–Crippen LogP) is 0.419. The average molecular weight is 265 g/mol. The Morgan fingerprint density at radius 2 is 2.26 bits per heavy atom. The molecule has 1 aliphatic rings. The molecule has 104 valence electrons. The highest BCUT2D eigenvalue weighted by molar-refractivity contribution is 5.83. The Labute approximate surface area is 112 Å². The molecule has 1 atom stereocenters. The minimum absolute atomic E-state index is 0.127. The van der Waals surface area contributed by atoms with Gasteiger partial charge in [-0.1, -0.05) is 0 Å². The molecule has 1 saturated heterocycles. The first-order valence-corrected chi connectivity index (χ1v) is 6.21. The number of pyridine rings is 1. The first kappa shape index (κ1) is 13.6. The zero-order valence-electron chi connectivity index (χ0n) is 11.5. The Morgan fingerprint density at radius 1 is 1.47 bits per heavy atom. The van der Waals surface area contributed by atoms with Gasteiger partial charge in [-0.25, -0.2) is 0 Å². The van der Waals surface area contributed by atoms with Crippen molar-refractivity contribution in [1.82, 2.24) is 15.2 Å². The van der Waals surface area contributed by atoms with E-state index in [1.54, 1.807) is 31.4 Å². The van der Waals surface area contributed by atoms with Crippen molar-refractivity contribution in [2.75, 3.05) is 27.8 Å². The van der Waals surface area contributed by atoms with E-state index in [1.807, 2.05) is 7.05 Å². The lowest BCUT2D eigenvalue weighted by Crippen LogP contribution is -2.36. The van der Waals surface area contributed by atoms with E-state index in [0.717, 1.165) is 18.7 Å². The van der Waals surface area contributed by atoms with Crippen LogP contribution < -0.4 is 14.8 Å². The fourth-order valence-corrected chi connectivity index (χ4v) is 2.21. The summed E-state index contributed by atoms with van der Waals surface area (Å²) in [6.45, 7) is 1.27. The molecular formula is C13H19N3O3. The molecule has 0 bridgehead atoms. The van der Waals surface area contributed by atoms with E-state index in [9.17, 15) is 4.79 Å². The molecule has 0 spiro atoms. The van der Waals surface area contributed by atoms with Gasteiger partial charge in [0, 0.05) is 32.4 Å². The second-order valence-electron chi connectivity index (χ2n) is 4.48. The van der Waals surface area contributed by atoms with Gasteiger partial charge in [0.1, 0.15) is 0 Å². The number of likely N-dealkylation sites (N-methyl/N-ethyl adjacent to an activating group) is 1. The third-order valence-electron chi connectivity index (χ3n) is 3.31. The molecule has 1 amide bonds. The lowest BCUT2D eigenvalue weighted by atomic mass is 10.2. The van der Waals surface area contributed by atoms with Gasteiger partial charge in [0.25, 0.3) is 0 Å². The lowest BCUT2D eigenvalue weighted by molar-refractivity contribution is -0.128. The Kier molecular flexibility index (Phi) is 4.21. The number of methoxy groups -OCH3 is 2. The van der Waals surface area contributed by atoms with Gasteiger partial charge in [0.2, 0.25) is 5.91 Å². The first-order chi connectivity index (χ1) is 9.17. The summed E-state index contributed by atoms with van der Waals surface area (Å²) >= 11 is 0. The van der Waals surface area contributed by atoms with Gasteiger partial charge in [0.15, 0.2) is 11.5 Å². The molecule has 0 radical (unpaired) electrons. The van der Waals surface area contributed by atoms with Crippen molar-refractivity contribution < 1.29 is 14.3 Å². The fourth-order valence-electron chi connectivity index (χ4n) is 2.21. The highest BCUT2D eigenvalue weighted by atomic mass is 16.5. The maximum atomic E-state index is 11.8. The van der Waals surface area contributed by atoms with E-state index in [1.165, 1.54) is 0 Å². The van der Waals surface area contributed by atoms with Crippen molar-refractivity contribution in [3.63, 3.8) is 0 Å². The van der Waals surface area contributed by atoms with Gasteiger partial charge in [-0.15, -0.1) is 0 Å². The van der Waals surface area contributed by atoms with Gasteiger partial charge in [-0.2, -0.15) is 0 Å². The summed E-state index contributed by atoms with van der Waals surface area (Å²) in [6.07, 6.45) is 2.49. The number of ether oxygens (including phenoxy) is 2. The predicted molar refractivity (Wildman–Crippen MR) is 70.2 cm³/mol. The number of amides is 1. The van der Waals surface area contributed by atoms with Crippen LogP contribution in [0.1, 0.15) is 12.1 Å². The van der Waals surface area contributed by atoms with Crippen LogP contribution in [0.5, 0.6) is 11.5 Å². The summed E-state index contributed by atoms with van der Waals surface area (Å²) in [6, 6.07) is 1.61. The number of nitrogens with zero attached hydrogens (tertiary/aromatic N) is 2. The normalized spacial score (nSPS) is 18.8. The van der Waals surface area contributed by atoms with Gasteiger partial charge in [0.05, 0.1) is 26.0 Å². The van der Waals surface area contributed by atoms with Gasteiger partial charge in [-0.05, 0) is 6.42 Å². The Hall–Kier alpha value is -1.82. The molecule has 1 aliphatic heterocycles. The molecule has 6 heteroatoms. The number of likely N-dealkylation sites (tertiary alicyclic amines) is 1. The molecule has 1 fully saturated rings. The molecule has 1 unspecified atom stereocenters. The van der Waals surface area contributed by atoms with Crippen molar-refractivity contribution in [1.29, 1.82) is 0 Å². The molecule has 2 rings (SSSR count). The van der Waals surface area contributed by atoms with Crippen LogP contribution in [0.4, 0.5) is 0 Å². The molecule has 2 heterocycles. The quantitative estimate of drug-likeness (QED) is 0.836.